The van der Waals surface area contributed by atoms with Crippen LogP contribution in [0, 0.1) is 6.92 Å². The van der Waals surface area contributed by atoms with Gasteiger partial charge in [-0.3, -0.25) is 0 Å². The van der Waals surface area contributed by atoms with Gasteiger partial charge in [-0.05, 0) is 66.8 Å². The van der Waals surface area contributed by atoms with E-state index >= 15 is 0 Å². The molecule has 0 saturated heterocycles. The molecule has 1 aliphatic carbocycles. The van der Waals surface area contributed by atoms with E-state index in [0.717, 1.165) is 28.3 Å². The SMILES string of the molecule is COc1cc(-c2ccc(-c3ccc(N(C)C4CCCCC4)nn3)c(O)c2)ccc1C. The quantitative estimate of drug-likeness (QED) is 0.601. The predicted octanol–water partition coefficient (Wildman–Crippen LogP) is 5.60. The Bertz CT molecular complexity index is 1010. The average molecular weight is 404 g/mol. The number of phenolic OH excluding ortho intramolecular Hbond substituents is 1. The van der Waals surface area contributed by atoms with Crippen molar-refractivity contribution in [2.45, 2.75) is 45.1 Å². The van der Waals surface area contributed by atoms with Gasteiger partial charge in [0.25, 0.3) is 0 Å². The van der Waals surface area contributed by atoms with E-state index in [2.05, 4.69) is 22.1 Å². The number of ether oxygens (including phenoxy) is 1. The molecule has 4 rings (SSSR count). The number of aromatic hydroxyl groups is 1. The van der Waals surface area contributed by atoms with Gasteiger partial charge in [0.05, 0.1) is 12.8 Å². The lowest BCUT2D eigenvalue weighted by Crippen LogP contribution is -2.34. The van der Waals surface area contributed by atoms with E-state index in [-0.39, 0.29) is 5.75 Å². The fraction of sp³-hybridized carbons (Fsp3) is 0.360. The van der Waals surface area contributed by atoms with E-state index in [1.54, 1.807) is 13.2 Å². The predicted molar refractivity (Wildman–Crippen MR) is 121 cm³/mol. The Hall–Kier alpha value is -3.08. The van der Waals surface area contributed by atoms with Gasteiger partial charge in [0.1, 0.15) is 11.5 Å². The first-order valence-electron chi connectivity index (χ1n) is 10.6. The maximum Gasteiger partial charge on any atom is 0.151 e. The molecule has 5 nitrogen and oxygen atoms in total. The third-order valence-corrected chi connectivity index (χ3v) is 6.15. The maximum atomic E-state index is 10.7. The first kappa shape index (κ1) is 20.2. The Balaban J connectivity index is 1.56. The molecule has 1 N–H and O–H groups in total. The lowest BCUT2D eigenvalue weighted by molar-refractivity contribution is 0.412. The van der Waals surface area contributed by atoms with E-state index in [1.165, 1.54) is 32.1 Å². The molecule has 0 atom stereocenters. The van der Waals surface area contributed by atoms with Crippen LogP contribution in [0.3, 0.4) is 0 Å². The van der Waals surface area contributed by atoms with Crippen LogP contribution < -0.4 is 9.64 Å². The Labute approximate surface area is 178 Å². The number of hydrogen-bond acceptors (Lipinski definition) is 5. The van der Waals surface area contributed by atoms with E-state index in [1.807, 2.05) is 49.4 Å². The number of methoxy groups -OCH3 is 1. The fourth-order valence-corrected chi connectivity index (χ4v) is 4.24. The minimum absolute atomic E-state index is 0.190. The van der Waals surface area contributed by atoms with Crippen molar-refractivity contribution in [3.05, 3.63) is 54.1 Å². The monoisotopic (exact) mass is 403 g/mol. The number of aryl methyl sites for hydroxylation is 1. The summed E-state index contributed by atoms with van der Waals surface area (Å²) in [6, 6.07) is 16.2. The molecule has 0 amide bonds. The first-order chi connectivity index (χ1) is 14.6. The van der Waals surface area contributed by atoms with Crippen LogP contribution in [0.5, 0.6) is 11.5 Å². The van der Waals surface area contributed by atoms with Gasteiger partial charge in [0.2, 0.25) is 0 Å². The second-order valence-corrected chi connectivity index (χ2v) is 8.10. The zero-order chi connectivity index (χ0) is 21.1. The summed E-state index contributed by atoms with van der Waals surface area (Å²) >= 11 is 0. The van der Waals surface area contributed by atoms with Gasteiger partial charge >= 0.3 is 0 Å². The van der Waals surface area contributed by atoms with Crippen LogP contribution in [-0.4, -0.2) is 35.5 Å². The molecular formula is C25H29N3O2. The zero-order valence-corrected chi connectivity index (χ0v) is 17.9. The molecule has 0 unspecified atom stereocenters. The molecule has 0 aliphatic heterocycles. The van der Waals surface area contributed by atoms with Crippen LogP contribution in [0.2, 0.25) is 0 Å². The summed E-state index contributed by atoms with van der Waals surface area (Å²) in [4.78, 5) is 2.24. The highest BCUT2D eigenvalue weighted by atomic mass is 16.5. The molecule has 1 fully saturated rings. The molecule has 1 heterocycles. The van der Waals surface area contributed by atoms with E-state index in [4.69, 9.17) is 4.74 Å². The Kier molecular flexibility index (Phi) is 5.88. The molecule has 2 aromatic carbocycles. The molecule has 30 heavy (non-hydrogen) atoms. The highest BCUT2D eigenvalue weighted by Crippen LogP contribution is 2.34. The van der Waals surface area contributed by atoms with Crippen LogP contribution in [0.25, 0.3) is 22.4 Å². The molecular weight excluding hydrogens is 374 g/mol. The summed E-state index contributed by atoms with van der Waals surface area (Å²) in [5.74, 6) is 1.91. The number of phenols is 1. The third-order valence-electron chi connectivity index (χ3n) is 6.15. The van der Waals surface area contributed by atoms with Gasteiger partial charge in [0.15, 0.2) is 5.82 Å². The number of rotatable bonds is 5. The molecule has 1 aliphatic rings. The smallest absolute Gasteiger partial charge is 0.151 e. The highest BCUT2D eigenvalue weighted by molar-refractivity contribution is 5.75. The normalized spacial score (nSPS) is 14.5. The third kappa shape index (κ3) is 4.11. The molecule has 156 valence electrons. The Morgan fingerprint density at radius 1 is 0.933 bits per heavy atom. The van der Waals surface area contributed by atoms with Gasteiger partial charge in [-0.25, -0.2) is 0 Å². The van der Waals surface area contributed by atoms with Crippen molar-refractivity contribution in [3.8, 4) is 33.9 Å². The topological polar surface area (TPSA) is 58.5 Å². The van der Waals surface area contributed by atoms with Crippen LogP contribution in [-0.2, 0) is 0 Å². The number of hydrogen-bond donors (Lipinski definition) is 1. The molecule has 3 aromatic rings. The zero-order valence-electron chi connectivity index (χ0n) is 17.9. The molecule has 1 aromatic heterocycles. The van der Waals surface area contributed by atoms with E-state index < -0.39 is 0 Å². The summed E-state index contributed by atoms with van der Waals surface area (Å²) < 4.78 is 5.42. The van der Waals surface area contributed by atoms with Crippen LogP contribution in [0.1, 0.15) is 37.7 Å². The lowest BCUT2D eigenvalue weighted by atomic mass is 9.94. The second kappa shape index (κ2) is 8.74. The van der Waals surface area contributed by atoms with Crippen molar-refractivity contribution in [2.75, 3.05) is 19.1 Å². The van der Waals surface area contributed by atoms with Crippen molar-refractivity contribution in [2.24, 2.45) is 0 Å². The van der Waals surface area contributed by atoms with Crippen molar-refractivity contribution in [1.29, 1.82) is 0 Å². The molecule has 0 bridgehead atoms. The molecule has 1 saturated carbocycles. The standard InChI is InChI=1S/C25H29N3O2/c1-17-9-10-19(16-24(17)30-3)18-11-12-21(23(29)15-18)22-13-14-25(27-26-22)28(2)20-7-5-4-6-8-20/h9-16,20,29H,4-8H2,1-3H3. The van der Waals surface area contributed by atoms with Gasteiger partial charge in [-0.2, -0.15) is 0 Å². The average Bonchev–Trinajstić information content (AvgIpc) is 2.79. The van der Waals surface area contributed by atoms with Crippen molar-refractivity contribution < 1.29 is 9.84 Å². The lowest BCUT2D eigenvalue weighted by Gasteiger charge is -2.31. The van der Waals surface area contributed by atoms with Gasteiger partial charge in [0, 0.05) is 18.7 Å². The van der Waals surface area contributed by atoms with Crippen molar-refractivity contribution in [3.63, 3.8) is 0 Å². The molecule has 5 heteroatoms. The summed E-state index contributed by atoms with van der Waals surface area (Å²) in [6.45, 7) is 2.01. The second-order valence-electron chi connectivity index (χ2n) is 8.10. The molecule has 0 radical (unpaired) electrons. The van der Waals surface area contributed by atoms with Gasteiger partial charge in [-0.1, -0.05) is 37.5 Å². The Morgan fingerprint density at radius 3 is 2.33 bits per heavy atom. The maximum absolute atomic E-state index is 10.7. The number of aromatic nitrogens is 2. The Morgan fingerprint density at radius 2 is 1.67 bits per heavy atom. The summed E-state index contributed by atoms with van der Waals surface area (Å²) in [7, 11) is 3.77. The number of nitrogens with zero attached hydrogens (tertiary/aromatic N) is 3. The largest absolute Gasteiger partial charge is 0.507 e. The van der Waals surface area contributed by atoms with Gasteiger partial charge in [-0.15, -0.1) is 10.2 Å². The van der Waals surface area contributed by atoms with Gasteiger partial charge < -0.3 is 14.7 Å². The fourth-order valence-electron chi connectivity index (χ4n) is 4.24. The number of anilines is 1. The minimum Gasteiger partial charge on any atom is -0.507 e. The minimum atomic E-state index is 0.190. The van der Waals surface area contributed by atoms with E-state index in [0.29, 0.717) is 17.3 Å². The van der Waals surface area contributed by atoms with Crippen LogP contribution >= 0.6 is 0 Å². The summed E-state index contributed by atoms with van der Waals surface area (Å²) in [6.07, 6.45) is 6.33. The van der Waals surface area contributed by atoms with Crippen molar-refractivity contribution >= 4 is 5.82 Å². The molecule has 0 spiro atoms. The number of benzene rings is 2. The first-order valence-corrected chi connectivity index (χ1v) is 10.6. The van der Waals surface area contributed by atoms with Crippen molar-refractivity contribution in [1.82, 2.24) is 10.2 Å². The van der Waals surface area contributed by atoms with Crippen LogP contribution in [0.15, 0.2) is 48.5 Å². The van der Waals surface area contributed by atoms with Crippen LogP contribution in [0.4, 0.5) is 5.82 Å². The highest BCUT2D eigenvalue weighted by Gasteiger charge is 2.19. The summed E-state index contributed by atoms with van der Waals surface area (Å²) in [5.41, 5.74) is 4.35. The van der Waals surface area contributed by atoms with E-state index in [9.17, 15) is 5.11 Å². The summed E-state index contributed by atoms with van der Waals surface area (Å²) in [5, 5.41) is 19.5.